The minimum atomic E-state index is -4.27. The number of aromatic nitrogens is 2. The summed E-state index contributed by atoms with van der Waals surface area (Å²) in [5.74, 6) is -1.64. The summed E-state index contributed by atoms with van der Waals surface area (Å²) in [6.45, 7) is 3.64. The first-order valence-corrected chi connectivity index (χ1v) is 23.0. The number of amides is 4. The molecule has 5 aromatic carbocycles. The SMILES string of the molecule is C[n+]1cccc(NC(=O)c2ccc(NC(=O)c3ccc(C(=O)Nc4ccc(C(=O)Nc5ccc[n+](C)c5)c(N)c4)cc3N)cc2)c1.Cc1ccc(S(=O)(=O)[O-])cc1.Cc1ccc(S(=O)(=O)[O-])cc1. The summed E-state index contributed by atoms with van der Waals surface area (Å²) < 4.78 is 66.0. The number of carbonyl (C=O) groups is 4. The van der Waals surface area contributed by atoms with Crippen molar-refractivity contribution < 1.29 is 54.3 Å². The molecule has 0 aliphatic carbocycles. The number of pyridine rings is 2. The third-order valence-corrected chi connectivity index (χ3v) is 11.2. The number of carbonyl (C=O) groups excluding carboxylic acids is 4. The first kappa shape index (κ1) is 50.7. The van der Waals surface area contributed by atoms with Crippen molar-refractivity contribution in [1.29, 1.82) is 0 Å². The number of nitrogens with zero attached hydrogens (tertiary/aromatic N) is 2. The van der Waals surface area contributed by atoms with Crippen LogP contribution in [-0.4, -0.2) is 49.6 Å². The second-order valence-corrected chi connectivity index (χ2v) is 17.8. The molecule has 2 aromatic heterocycles. The van der Waals surface area contributed by atoms with Crippen molar-refractivity contribution in [2.75, 3.05) is 32.7 Å². The Morgan fingerprint density at radius 3 is 1.25 bits per heavy atom. The molecule has 68 heavy (non-hydrogen) atoms. The average molecular weight is 959 g/mol. The Labute approximate surface area is 392 Å². The van der Waals surface area contributed by atoms with Crippen LogP contribution in [0.4, 0.5) is 34.1 Å². The molecule has 20 heteroatoms. The molecule has 2 heterocycles. The van der Waals surface area contributed by atoms with Crippen molar-refractivity contribution in [2.24, 2.45) is 14.1 Å². The number of benzene rings is 5. The van der Waals surface area contributed by atoms with E-state index in [-0.39, 0.29) is 49.7 Å². The topological polar surface area (TPSA) is 291 Å². The third kappa shape index (κ3) is 14.9. The molecule has 350 valence electrons. The van der Waals surface area contributed by atoms with Crippen molar-refractivity contribution in [1.82, 2.24) is 0 Å². The zero-order valence-electron chi connectivity index (χ0n) is 37.0. The second kappa shape index (κ2) is 22.3. The Kier molecular flexibility index (Phi) is 16.6. The van der Waals surface area contributed by atoms with E-state index in [1.165, 1.54) is 54.6 Å². The van der Waals surface area contributed by atoms with Crippen molar-refractivity contribution in [3.63, 3.8) is 0 Å². The lowest BCUT2D eigenvalue weighted by molar-refractivity contribution is -0.670. The molecule has 7 aromatic rings. The van der Waals surface area contributed by atoms with E-state index in [0.717, 1.165) is 11.1 Å². The first-order valence-electron chi connectivity index (χ1n) is 20.2. The van der Waals surface area contributed by atoms with Gasteiger partial charge in [-0.05, 0) is 111 Å². The van der Waals surface area contributed by atoms with Crippen LogP contribution in [0.3, 0.4) is 0 Å². The van der Waals surface area contributed by atoms with Gasteiger partial charge in [-0.2, -0.15) is 0 Å². The molecule has 0 bridgehead atoms. The van der Waals surface area contributed by atoms with Crippen LogP contribution in [0.5, 0.6) is 0 Å². The van der Waals surface area contributed by atoms with Gasteiger partial charge in [0.25, 0.3) is 23.6 Å². The van der Waals surface area contributed by atoms with Gasteiger partial charge in [0.1, 0.15) is 45.7 Å². The molecule has 0 spiro atoms. The van der Waals surface area contributed by atoms with Gasteiger partial charge in [0.15, 0.2) is 24.8 Å². The van der Waals surface area contributed by atoms with Crippen LogP contribution in [0.2, 0.25) is 0 Å². The van der Waals surface area contributed by atoms with E-state index in [4.69, 9.17) is 11.5 Å². The molecule has 0 saturated heterocycles. The summed E-state index contributed by atoms with van der Waals surface area (Å²) in [5, 5.41) is 11.1. The van der Waals surface area contributed by atoms with Gasteiger partial charge >= 0.3 is 0 Å². The van der Waals surface area contributed by atoms with Crippen molar-refractivity contribution >= 4 is 78.0 Å². The van der Waals surface area contributed by atoms with Crippen LogP contribution in [0.1, 0.15) is 52.6 Å². The van der Waals surface area contributed by atoms with Crippen molar-refractivity contribution in [2.45, 2.75) is 23.6 Å². The monoisotopic (exact) mass is 958 g/mol. The number of nitrogens with one attached hydrogen (secondary N) is 4. The maximum absolute atomic E-state index is 12.9. The first-order chi connectivity index (χ1) is 32.0. The van der Waals surface area contributed by atoms with Crippen LogP contribution in [0.25, 0.3) is 0 Å². The highest BCUT2D eigenvalue weighted by Gasteiger charge is 2.17. The van der Waals surface area contributed by atoms with Crippen LogP contribution in [-0.2, 0) is 34.3 Å². The predicted octanol–water partition coefficient (Wildman–Crippen LogP) is 5.31. The smallest absolute Gasteiger partial charge is 0.257 e. The molecule has 7 rings (SSSR count). The van der Waals surface area contributed by atoms with E-state index in [1.807, 2.05) is 51.0 Å². The lowest BCUT2D eigenvalue weighted by Gasteiger charge is -2.12. The van der Waals surface area contributed by atoms with Gasteiger partial charge in [-0.1, -0.05) is 35.4 Å². The van der Waals surface area contributed by atoms with Crippen LogP contribution in [0.15, 0.2) is 168 Å². The highest BCUT2D eigenvalue weighted by atomic mass is 32.2. The largest absolute Gasteiger partial charge is 0.744 e. The Morgan fingerprint density at radius 2 is 0.824 bits per heavy atom. The number of nitrogen functional groups attached to an aromatic ring is 2. The van der Waals surface area contributed by atoms with Crippen molar-refractivity contribution in [3.05, 3.63) is 192 Å². The summed E-state index contributed by atoms with van der Waals surface area (Å²) in [7, 11) is -4.84. The normalized spacial score (nSPS) is 10.8. The molecule has 0 aliphatic rings. The summed E-state index contributed by atoms with van der Waals surface area (Å²) in [6.07, 6.45) is 7.24. The van der Waals surface area contributed by atoms with Gasteiger partial charge < -0.3 is 41.8 Å². The summed E-state index contributed by atoms with van der Waals surface area (Å²) in [5.41, 5.74) is 17.5. The molecule has 0 saturated carbocycles. The van der Waals surface area contributed by atoms with E-state index in [0.29, 0.717) is 28.3 Å². The van der Waals surface area contributed by atoms with Crippen LogP contribution in [0, 0.1) is 13.8 Å². The zero-order valence-corrected chi connectivity index (χ0v) is 38.6. The Hall–Kier alpha value is -8.30. The minimum Gasteiger partial charge on any atom is -0.744 e. The summed E-state index contributed by atoms with van der Waals surface area (Å²) in [4.78, 5) is 50.8. The average Bonchev–Trinajstić information content (AvgIpc) is 3.26. The lowest BCUT2D eigenvalue weighted by Crippen LogP contribution is -2.27. The van der Waals surface area contributed by atoms with Crippen molar-refractivity contribution in [3.8, 4) is 0 Å². The minimum absolute atomic E-state index is 0.0954. The van der Waals surface area contributed by atoms with E-state index in [9.17, 15) is 45.1 Å². The highest BCUT2D eigenvalue weighted by molar-refractivity contribution is 7.86. The third-order valence-electron chi connectivity index (χ3n) is 9.53. The Balaban J connectivity index is 0.000000319. The van der Waals surface area contributed by atoms with Gasteiger partial charge in [-0.25, -0.2) is 26.0 Å². The van der Waals surface area contributed by atoms with E-state index >= 15 is 0 Å². The van der Waals surface area contributed by atoms with Crippen LogP contribution >= 0.6 is 0 Å². The van der Waals surface area contributed by atoms with Gasteiger partial charge in [0.05, 0.1) is 20.9 Å². The quantitative estimate of drug-likeness (QED) is 0.0578. The van der Waals surface area contributed by atoms with Gasteiger partial charge in [0.2, 0.25) is 0 Å². The molecular weight excluding hydrogens is 913 g/mol. The number of hydrogen-bond acceptors (Lipinski definition) is 12. The number of aryl methyl sites for hydroxylation is 4. The van der Waals surface area contributed by atoms with Gasteiger partial charge in [-0.3, -0.25) is 19.2 Å². The molecule has 8 N–H and O–H groups in total. The summed E-state index contributed by atoms with van der Waals surface area (Å²) in [6, 6.07) is 34.0. The molecule has 0 aliphatic heterocycles. The standard InChI is InChI=1S/C34H30N8O4.2C7H8O3S/c1-41-15-3-5-25(19-41)39-31(43)21-7-10-23(11-8-21)37-33(45)27-13-9-22(17-29(27)35)32(44)38-24-12-14-28(30(36)18-24)34(46)40-26-6-4-16-42(2)20-26;2*1-6-2-4-7(5-3-6)11(8,9)10/h3-20H,1-2H3,(H6-2,35,36,37,38,39,40,43,44,45,46);2*2-5H,1H3,(H,8,9,10). The molecular formula is C48H46N8O10S2. The number of anilines is 6. The molecule has 18 nitrogen and oxygen atoms in total. The fourth-order valence-corrected chi connectivity index (χ4v) is 6.94. The highest BCUT2D eigenvalue weighted by Crippen LogP contribution is 2.22. The van der Waals surface area contributed by atoms with E-state index in [1.54, 1.807) is 89.8 Å². The summed E-state index contributed by atoms with van der Waals surface area (Å²) >= 11 is 0. The van der Waals surface area contributed by atoms with Crippen LogP contribution < -0.4 is 41.9 Å². The molecule has 0 atom stereocenters. The van der Waals surface area contributed by atoms with E-state index < -0.39 is 32.1 Å². The second-order valence-electron chi connectivity index (χ2n) is 15.0. The van der Waals surface area contributed by atoms with Gasteiger partial charge in [0, 0.05) is 46.0 Å². The number of rotatable bonds is 10. The van der Waals surface area contributed by atoms with Gasteiger partial charge in [-0.15, -0.1) is 0 Å². The molecule has 0 fully saturated rings. The maximum atomic E-state index is 12.9. The number of nitrogens with two attached hydrogens (primary N) is 2. The predicted molar refractivity (Wildman–Crippen MR) is 253 cm³/mol. The van der Waals surface area contributed by atoms with E-state index in [2.05, 4.69) is 21.3 Å². The molecule has 4 amide bonds. The Bertz CT molecular complexity index is 3130. The fraction of sp³-hybridized carbons (Fsp3) is 0.0833. The molecule has 0 unspecified atom stereocenters. The zero-order chi connectivity index (χ0) is 49.8. The Morgan fingerprint density at radius 1 is 0.456 bits per heavy atom. The molecule has 0 radical (unpaired) electrons. The lowest BCUT2D eigenvalue weighted by atomic mass is 10.1. The maximum Gasteiger partial charge on any atom is 0.257 e. The number of hydrogen-bond donors (Lipinski definition) is 6. The fourth-order valence-electron chi connectivity index (χ4n) is 6.00.